The van der Waals surface area contributed by atoms with Crippen LogP contribution in [0.25, 0.3) is 0 Å². The molecule has 0 aliphatic carbocycles. The van der Waals surface area contributed by atoms with Gasteiger partial charge in [-0.2, -0.15) is 0 Å². The van der Waals surface area contributed by atoms with Crippen LogP contribution in [0.3, 0.4) is 0 Å². The number of rotatable bonds is 7. The third-order valence-corrected chi connectivity index (χ3v) is 5.37. The molecule has 6 heteroatoms. The summed E-state index contributed by atoms with van der Waals surface area (Å²) in [5.74, 6) is 0.794. The molecular formula is C26H28N2O4. The van der Waals surface area contributed by atoms with Crippen molar-refractivity contribution in [3.63, 3.8) is 0 Å². The van der Waals surface area contributed by atoms with Crippen molar-refractivity contribution in [1.29, 1.82) is 0 Å². The van der Waals surface area contributed by atoms with Crippen molar-refractivity contribution in [3.8, 4) is 11.5 Å². The van der Waals surface area contributed by atoms with E-state index in [4.69, 9.17) is 9.47 Å². The van der Waals surface area contributed by atoms with Crippen molar-refractivity contribution in [2.75, 3.05) is 19.5 Å². The Kier molecular flexibility index (Phi) is 7.15. The van der Waals surface area contributed by atoms with E-state index in [1.807, 2.05) is 57.2 Å². The first-order chi connectivity index (χ1) is 15.3. The van der Waals surface area contributed by atoms with E-state index in [0.29, 0.717) is 28.3 Å². The molecule has 0 saturated heterocycles. The van der Waals surface area contributed by atoms with E-state index in [9.17, 15) is 9.59 Å². The van der Waals surface area contributed by atoms with E-state index in [2.05, 4.69) is 10.6 Å². The van der Waals surface area contributed by atoms with E-state index < -0.39 is 0 Å². The molecule has 2 amide bonds. The molecule has 3 aromatic rings. The molecule has 3 aromatic carbocycles. The van der Waals surface area contributed by atoms with Gasteiger partial charge in [0.05, 0.1) is 20.3 Å². The number of anilines is 1. The Morgan fingerprint density at radius 1 is 0.781 bits per heavy atom. The topological polar surface area (TPSA) is 76.7 Å². The summed E-state index contributed by atoms with van der Waals surface area (Å²) in [6, 6.07) is 17.7. The van der Waals surface area contributed by atoms with Gasteiger partial charge in [-0.1, -0.05) is 24.3 Å². The van der Waals surface area contributed by atoms with Gasteiger partial charge in [0.2, 0.25) is 0 Å². The molecule has 2 N–H and O–H groups in total. The lowest BCUT2D eigenvalue weighted by Crippen LogP contribution is -2.27. The summed E-state index contributed by atoms with van der Waals surface area (Å²) in [7, 11) is 3.17. The lowest BCUT2D eigenvalue weighted by atomic mass is 10.0. The Hall–Kier alpha value is -3.80. The molecule has 0 aliphatic heterocycles. The van der Waals surface area contributed by atoms with Gasteiger partial charge in [-0.25, -0.2) is 0 Å². The first kappa shape index (κ1) is 22.9. The zero-order valence-electron chi connectivity index (χ0n) is 19.0. The minimum Gasteiger partial charge on any atom is -0.493 e. The molecule has 0 radical (unpaired) electrons. The second-order valence-corrected chi connectivity index (χ2v) is 7.61. The largest absolute Gasteiger partial charge is 0.493 e. The van der Waals surface area contributed by atoms with Crippen LogP contribution in [0.5, 0.6) is 11.5 Å². The summed E-state index contributed by atoms with van der Waals surface area (Å²) in [5, 5.41) is 5.92. The molecule has 166 valence electrons. The van der Waals surface area contributed by atoms with E-state index in [-0.39, 0.29) is 17.9 Å². The number of nitrogens with one attached hydrogen (secondary N) is 2. The van der Waals surface area contributed by atoms with Gasteiger partial charge in [0.1, 0.15) is 0 Å². The van der Waals surface area contributed by atoms with Gasteiger partial charge < -0.3 is 20.1 Å². The van der Waals surface area contributed by atoms with Crippen LogP contribution in [0.2, 0.25) is 0 Å². The average molecular weight is 433 g/mol. The number of aryl methyl sites for hydroxylation is 2. The van der Waals surface area contributed by atoms with Crippen LogP contribution in [0.4, 0.5) is 5.69 Å². The number of amides is 2. The summed E-state index contributed by atoms with van der Waals surface area (Å²) in [6.45, 7) is 5.76. The van der Waals surface area contributed by atoms with Gasteiger partial charge in [-0.3, -0.25) is 9.59 Å². The monoisotopic (exact) mass is 432 g/mol. The average Bonchev–Trinajstić information content (AvgIpc) is 2.80. The standard InChI is InChI=1S/C26H28N2O4/c1-16-11-12-20(14-22(16)28-25(29)19-9-7-6-8-10-19)26(30)27-18(3)21-15-24(32-5)23(31-4)13-17(21)2/h6-15,18H,1-5H3,(H,27,30)(H,28,29). The molecule has 0 spiro atoms. The van der Waals surface area contributed by atoms with Crippen LogP contribution in [-0.2, 0) is 0 Å². The van der Waals surface area contributed by atoms with Crippen LogP contribution < -0.4 is 20.1 Å². The molecule has 0 bridgehead atoms. The quantitative estimate of drug-likeness (QED) is 0.547. The second-order valence-electron chi connectivity index (χ2n) is 7.61. The second kappa shape index (κ2) is 10.0. The van der Waals surface area contributed by atoms with E-state index >= 15 is 0 Å². The van der Waals surface area contributed by atoms with Crippen LogP contribution in [0.15, 0.2) is 60.7 Å². The lowest BCUT2D eigenvalue weighted by molar-refractivity contribution is 0.0938. The highest BCUT2D eigenvalue weighted by molar-refractivity contribution is 6.05. The summed E-state index contributed by atoms with van der Waals surface area (Å²) < 4.78 is 10.7. The maximum atomic E-state index is 13.0. The molecule has 0 aliphatic rings. The van der Waals surface area contributed by atoms with Crippen LogP contribution >= 0.6 is 0 Å². The van der Waals surface area contributed by atoms with Crippen molar-refractivity contribution in [2.24, 2.45) is 0 Å². The van der Waals surface area contributed by atoms with Crippen LogP contribution in [-0.4, -0.2) is 26.0 Å². The summed E-state index contributed by atoms with van der Waals surface area (Å²) in [4.78, 5) is 25.5. The molecule has 3 rings (SSSR count). The number of hydrogen-bond donors (Lipinski definition) is 2. The Bertz CT molecular complexity index is 1130. The Labute approximate surface area is 188 Å². The smallest absolute Gasteiger partial charge is 0.255 e. The van der Waals surface area contributed by atoms with E-state index in [1.54, 1.807) is 38.5 Å². The zero-order chi connectivity index (χ0) is 23.3. The van der Waals surface area contributed by atoms with Crippen molar-refractivity contribution < 1.29 is 19.1 Å². The summed E-state index contributed by atoms with van der Waals surface area (Å²) >= 11 is 0. The molecule has 0 fully saturated rings. The molecule has 0 heterocycles. The third-order valence-electron chi connectivity index (χ3n) is 5.37. The fourth-order valence-corrected chi connectivity index (χ4v) is 3.50. The first-order valence-electron chi connectivity index (χ1n) is 10.3. The van der Waals surface area contributed by atoms with Crippen molar-refractivity contribution >= 4 is 17.5 Å². The van der Waals surface area contributed by atoms with E-state index in [1.165, 1.54) is 0 Å². The minimum atomic E-state index is -0.258. The maximum absolute atomic E-state index is 13.0. The number of carbonyl (C=O) groups excluding carboxylic acids is 2. The minimum absolute atomic E-state index is 0.222. The first-order valence-corrected chi connectivity index (χ1v) is 10.3. The fourth-order valence-electron chi connectivity index (χ4n) is 3.50. The molecule has 6 nitrogen and oxygen atoms in total. The van der Waals surface area contributed by atoms with Crippen molar-refractivity contribution in [3.05, 3.63) is 88.5 Å². The SMILES string of the molecule is COc1cc(C)c(C(C)NC(=O)c2ccc(C)c(NC(=O)c3ccccc3)c2)cc1OC. The van der Waals surface area contributed by atoms with Crippen molar-refractivity contribution in [2.45, 2.75) is 26.8 Å². The van der Waals surface area contributed by atoms with Gasteiger partial charge in [0, 0.05) is 16.8 Å². The summed E-state index contributed by atoms with van der Waals surface area (Å²) in [6.07, 6.45) is 0. The summed E-state index contributed by atoms with van der Waals surface area (Å²) in [5.41, 5.74) is 4.40. The van der Waals surface area contributed by atoms with Crippen LogP contribution in [0.1, 0.15) is 50.4 Å². The maximum Gasteiger partial charge on any atom is 0.255 e. The Morgan fingerprint density at radius 2 is 1.44 bits per heavy atom. The zero-order valence-corrected chi connectivity index (χ0v) is 19.0. The predicted octanol–water partition coefficient (Wildman–Crippen LogP) is 5.06. The number of carbonyl (C=O) groups is 2. The normalized spacial score (nSPS) is 11.4. The third kappa shape index (κ3) is 5.09. The van der Waals surface area contributed by atoms with Crippen molar-refractivity contribution in [1.82, 2.24) is 5.32 Å². The number of methoxy groups -OCH3 is 2. The van der Waals surface area contributed by atoms with E-state index in [0.717, 1.165) is 16.7 Å². The fraction of sp³-hybridized carbons (Fsp3) is 0.231. The predicted molar refractivity (Wildman–Crippen MR) is 126 cm³/mol. The highest BCUT2D eigenvalue weighted by Gasteiger charge is 2.18. The molecule has 1 atom stereocenters. The number of hydrogen-bond acceptors (Lipinski definition) is 4. The van der Waals surface area contributed by atoms with Gasteiger partial charge in [0.25, 0.3) is 11.8 Å². The molecule has 0 aromatic heterocycles. The molecule has 32 heavy (non-hydrogen) atoms. The van der Waals surface area contributed by atoms with Gasteiger partial charge in [-0.05, 0) is 73.9 Å². The van der Waals surface area contributed by atoms with Crippen LogP contribution in [0, 0.1) is 13.8 Å². The Balaban J connectivity index is 1.78. The Morgan fingerprint density at radius 3 is 2.09 bits per heavy atom. The van der Waals surface area contributed by atoms with Gasteiger partial charge in [0.15, 0.2) is 11.5 Å². The molecule has 0 saturated carbocycles. The highest BCUT2D eigenvalue weighted by atomic mass is 16.5. The lowest BCUT2D eigenvalue weighted by Gasteiger charge is -2.19. The van der Waals surface area contributed by atoms with Gasteiger partial charge in [-0.15, -0.1) is 0 Å². The molecule has 1 unspecified atom stereocenters. The number of ether oxygens (including phenoxy) is 2. The molecular weight excluding hydrogens is 404 g/mol. The van der Waals surface area contributed by atoms with Gasteiger partial charge >= 0.3 is 0 Å². The number of benzene rings is 3. The highest BCUT2D eigenvalue weighted by Crippen LogP contribution is 2.33.